The highest BCUT2D eigenvalue weighted by molar-refractivity contribution is 7.98. The number of hydrogen-bond donors (Lipinski definition) is 1. The molecule has 5 nitrogen and oxygen atoms in total. The number of carbonyl (C=O) groups is 1. The maximum atomic E-state index is 13.6. The molecule has 1 aliphatic heterocycles. The normalized spacial score (nSPS) is 14.9. The van der Waals surface area contributed by atoms with Crippen LogP contribution in [0.1, 0.15) is 27.7 Å². The smallest absolute Gasteiger partial charge is 0.262 e. The van der Waals surface area contributed by atoms with Crippen LogP contribution in [0.3, 0.4) is 0 Å². The summed E-state index contributed by atoms with van der Waals surface area (Å²) in [5.41, 5.74) is 4.19. The summed E-state index contributed by atoms with van der Waals surface area (Å²) in [5.74, 6) is 1.42. The zero-order valence-corrected chi connectivity index (χ0v) is 20.0. The van der Waals surface area contributed by atoms with Gasteiger partial charge in [0.25, 0.3) is 5.91 Å². The SMILES string of the molecule is COc1ccc([C@@H]2Nc3ccccc3C(=O)N2c2ccc(Cl)cc2)cc1CSc1ccccn1. The molecule has 1 N–H and O–H groups in total. The van der Waals surface area contributed by atoms with Gasteiger partial charge in [-0.25, -0.2) is 4.98 Å². The van der Waals surface area contributed by atoms with Gasteiger partial charge in [0.15, 0.2) is 0 Å². The van der Waals surface area contributed by atoms with Crippen LogP contribution in [-0.2, 0) is 5.75 Å². The monoisotopic (exact) mass is 487 g/mol. The number of pyridine rings is 1. The Labute approximate surface area is 207 Å². The minimum absolute atomic E-state index is 0.0677. The summed E-state index contributed by atoms with van der Waals surface area (Å²) in [4.78, 5) is 19.8. The first-order valence-electron chi connectivity index (χ1n) is 10.8. The topological polar surface area (TPSA) is 54.5 Å². The fourth-order valence-corrected chi connectivity index (χ4v) is 4.99. The van der Waals surface area contributed by atoms with E-state index in [1.165, 1.54) is 0 Å². The van der Waals surface area contributed by atoms with Crippen molar-refractivity contribution < 1.29 is 9.53 Å². The van der Waals surface area contributed by atoms with Crippen molar-refractivity contribution in [1.29, 1.82) is 0 Å². The van der Waals surface area contributed by atoms with Crippen molar-refractivity contribution in [2.45, 2.75) is 16.9 Å². The molecule has 170 valence electrons. The zero-order valence-electron chi connectivity index (χ0n) is 18.4. The van der Waals surface area contributed by atoms with Gasteiger partial charge in [0.05, 0.1) is 17.7 Å². The van der Waals surface area contributed by atoms with E-state index in [0.717, 1.165) is 33.3 Å². The van der Waals surface area contributed by atoms with Crippen LogP contribution in [0, 0.1) is 0 Å². The molecule has 1 amide bonds. The van der Waals surface area contributed by atoms with Crippen molar-refractivity contribution in [2.24, 2.45) is 0 Å². The van der Waals surface area contributed by atoms with Gasteiger partial charge in [-0.3, -0.25) is 9.69 Å². The highest BCUT2D eigenvalue weighted by atomic mass is 35.5. The molecule has 7 heteroatoms. The van der Waals surface area contributed by atoms with Gasteiger partial charge in [0.2, 0.25) is 0 Å². The third kappa shape index (κ3) is 4.47. The minimum atomic E-state index is -0.395. The molecule has 1 atom stereocenters. The molecule has 0 radical (unpaired) electrons. The summed E-state index contributed by atoms with van der Waals surface area (Å²) in [5, 5.41) is 5.12. The van der Waals surface area contributed by atoms with Crippen LogP contribution in [0.4, 0.5) is 11.4 Å². The molecule has 0 unspecified atom stereocenters. The molecule has 0 aliphatic carbocycles. The molecule has 0 spiro atoms. The third-order valence-corrected chi connectivity index (χ3v) is 6.91. The highest BCUT2D eigenvalue weighted by Crippen LogP contribution is 2.38. The lowest BCUT2D eigenvalue weighted by atomic mass is 10.0. The fourth-order valence-electron chi connectivity index (χ4n) is 4.02. The summed E-state index contributed by atoms with van der Waals surface area (Å²) in [6.45, 7) is 0. The maximum Gasteiger partial charge on any atom is 0.262 e. The predicted molar refractivity (Wildman–Crippen MR) is 138 cm³/mol. The number of fused-ring (bicyclic) bond motifs is 1. The number of hydrogen-bond acceptors (Lipinski definition) is 5. The van der Waals surface area contributed by atoms with Crippen LogP contribution in [0.25, 0.3) is 0 Å². The molecule has 1 aromatic heterocycles. The first-order chi connectivity index (χ1) is 16.6. The summed E-state index contributed by atoms with van der Waals surface area (Å²) in [6.07, 6.45) is 1.39. The molecule has 34 heavy (non-hydrogen) atoms. The number of para-hydroxylation sites is 1. The van der Waals surface area contributed by atoms with Gasteiger partial charge in [-0.1, -0.05) is 35.9 Å². The largest absolute Gasteiger partial charge is 0.496 e. The number of methoxy groups -OCH3 is 1. The van der Waals surface area contributed by atoms with Crippen molar-refractivity contribution in [3.05, 3.63) is 113 Å². The number of nitrogens with zero attached hydrogens (tertiary/aromatic N) is 2. The number of rotatable bonds is 6. The van der Waals surface area contributed by atoms with E-state index in [1.54, 1.807) is 42.1 Å². The molecule has 0 saturated carbocycles. The van der Waals surface area contributed by atoms with E-state index in [-0.39, 0.29) is 5.91 Å². The van der Waals surface area contributed by atoms with Crippen LogP contribution < -0.4 is 15.0 Å². The van der Waals surface area contributed by atoms with Crippen molar-refractivity contribution >= 4 is 40.6 Å². The second-order valence-electron chi connectivity index (χ2n) is 7.77. The number of nitrogens with one attached hydrogen (secondary N) is 1. The Hall–Kier alpha value is -3.48. The number of carbonyl (C=O) groups excluding carboxylic acids is 1. The van der Waals surface area contributed by atoms with E-state index in [2.05, 4.69) is 16.4 Å². The first kappa shape index (κ1) is 22.3. The van der Waals surface area contributed by atoms with Gasteiger partial charge in [-0.05, 0) is 66.2 Å². The van der Waals surface area contributed by atoms with Crippen LogP contribution in [0.2, 0.25) is 5.02 Å². The van der Waals surface area contributed by atoms with Crippen molar-refractivity contribution in [1.82, 2.24) is 4.98 Å². The number of thioether (sulfide) groups is 1. The molecule has 4 aromatic rings. The quantitative estimate of drug-likeness (QED) is 0.303. The van der Waals surface area contributed by atoms with Crippen LogP contribution in [-0.4, -0.2) is 18.0 Å². The van der Waals surface area contributed by atoms with E-state index in [4.69, 9.17) is 16.3 Å². The first-order valence-corrected chi connectivity index (χ1v) is 12.2. The molecule has 0 bridgehead atoms. The van der Waals surface area contributed by atoms with Crippen LogP contribution in [0.15, 0.2) is 96.2 Å². The number of halogens is 1. The van der Waals surface area contributed by atoms with Gasteiger partial charge < -0.3 is 10.1 Å². The molecule has 5 rings (SSSR count). The predicted octanol–water partition coefficient (Wildman–Crippen LogP) is 6.81. The number of benzene rings is 3. The summed E-state index contributed by atoms with van der Waals surface area (Å²) in [7, 11) is 1.67. The lowest BCUT2D eigenvalue weighted by Crippen LogP contribution is -2.43. The highest BCUT2D eigenvalue weighted by Gasteiger charge is 2.34. The van der Waals surface area contributed by atoms with Gasteiger partial charge in [-0.2, -0.15) is 0 Å². The lowest BCUT2D eigenvalue weighted by molar-refractivity contribution is 0.0975. The Balaban J connectivity index is 1.54. The van der Waals surface area contributed by atoms with E-state index in [1.807, 2.05) is 66.7 Å². The molecule has 3 aromatic carbocycles. The Morgan fingerprint density at radius 3 is 2.59 bits per heavy atom. The number of anilines is 2. The minimum Gasteiger partial charge on any atom is -0.496 e. The standard InChI is InChI=1S/C27H22ClN3O2S/c1-33-24-14-9-18(16-19(24)17-34-25-8-4-5-15-29-25)26-30-23-7-3-2-6-22(23)27(32)31(26)21-12-10-20(28)11-13-21/h2-16,26,30H,17H2,1H3/t26-/m1/s1. The van der Waals surface area contributed by atoms with Gasteiger partial charge in [-0.15, -0.1) is 11.8 Å². The van der Waals surface area contributed by atoms with Gasteiger partial charge in [0.1, 0.15) is 11.9 Å². The second-order valence-corrected chi connectivity index (χ2v) is 9.20. The number of ether oxygens (including phenoxy) is 1. The summed E-state index contributed by atoms with van der Waals surface area (Å²) < 4.78 is 5.63. The van der Waals surface area contributed by atoms with Gasteiger partial charge >= 0.3 is 0 Å². The van der Waals surface area contributed by atoms with Crippen molar-refractivity contribution in [2.75, 3.05) is 17.3 Å². The Bertz CT molecular complexity index is 1320. The fraction of sp³-hybridized carbons (Fsp3) is 0.111. The number of aromatic nitrogens is 1. The molecule has 1 aliphatic rings. The van der Waals surface area contributed by atoms with Crippen molar-refractivity contribution in [3.63, 3.8) is 0 Å². The summed E-state index contributed by atoms with van der Waals surface area (Å²) >= 11 is 7.76. The second kappa shape index (κ2) is 9.79. The Kier molecular flexibility index (Phi) is 6.43. The molecule has 2 heterocycles. The maximum absolute atomic E-state index is 13.6. The van der Waals surface area contributed by atoms with E-state index >= 15 is 0 Å². The van der Waals surface area contributed by atoms with Crippen LogP contribution in [0.5, 0.6) is 5.75 Å². The Morgan fingerprint density at radius 1 is 1.03 bits per heavy atom. The zero-order chi connectivity index (χ0) is 23.5. The van der Waals surface area contributed by atoms with E-state index < -0.39 is 6.17 Å². The van der Waals surface area contributed by atoms with Crippen molar-refractivity contribution in [3.8, 4) is 5.75 Å². The molecule has 0 saturated heterocycles. The van der Waals surface area contributed by atoms with Gasteiger partial charge in [0, 0.05) is 33.9 Å². The lowest BCUT2D eigenvalue weighted by Gasteiger charge is -2.38. The Morgan fingerprint density at radius 2 is 1.82 bits per heavy atom. The van der Waals surface area contributed by atoms with E-state index in [9.17, 15) is 4.79 Å². The average molecular weight is 488 g/mol. The third-order valence-electron chi connectivity index (χ3n) is 5.66. The van der Waals surface area contributed by atoms with E-state index in [0.29, 0.717) is 16.3 Å². The molecular formula is C27H22ClN3O2S. The average Bonchev–Trinajstić information content (AvgIpc) is 2.88. The number of amides is 1. The van der Waals surface area contributed by atoms with Crippen LogP contribution >= 0.6 is 23.4 Å². The molecular weight excluding hydrogens is 466 g/mol. The molecule has 0 fully saturated rings. The summed E-state index contributed by atoms with van der Waals surface area (Å²) in [6, 6.07) is 26.8.